The van der Waals surface area contributed by atoms with Crippen LogP contribution >= 0.6 is 11.6 Å². The molecule has 1 heterocycles. The molecule has 192 valence electrons. The molecule has 1 N–H and O–H groups in total. The van der Waals surface area contributed by atoms with E-state index in [2.05, 4.69) is 4.98 Å². The van der Waals surface area contributed by atoms with Gasteiger partial charge in [0, 0.05) is 12.0 Å². The number of aliphatic hydroxyl groups is 1. The second-order valence-corrected chi connectivity index (χ2v) is 8.56. The minimum Gasteiger partial charge on any atom is -0.497 e. The molecular formula is C28H32ClNO6. The van der Waals surface area contributed by atoms with Crippen LogP contribution in [0, 0.1) is 0 Å². The highest BCUT2D eigenvalue weighted by molar-refractivity contribution is 6.29. The predicted octanol–water partition coefficient (Wildman–Crippen LogP) is 5.61. The maximum absolute atomic E-state index is 12.7. The van der Waals surface area contributed by atoms with Gasteiger partial charge >= 0.3 is 0 Å². The van der Waals surface area contributed by atoms with E-state index in [-0.39, 0.29) is 18.6 Å². The van der Waals surface area contributed by atoms with Gasteiger partial charge in [-0.25, -0.2) is 4.98 Å². The number of rotatable bonds is 14. The monoisotopic (exact) mass is 513 g/mol. The van der Waals surface area contributed by atoms with Crippen LogP contribution in [0.3, 0.4) is 0 Å². The van der Waals surface area contributed by atoms with Crippen molar-refractivity contribution in [3.8, 4) is 17.2 Å². The van der Waals surface area contributed by atoms with Gasteiger partial charge in [0.2, 0.25) is 0 Å². The van der Waals surface area contributed by atoms with Gasteiger partial charge in [0.25, 0.3) is 0 Å². The van der Waals surface area contributed by atoms with Gasteiger partial charge in [-0.2, -0.15) is 0 Å². The van der Waals surface area contributed by atoms with E-state index >= 15 is 0 Å². The highest BCUT2D eigenvalue weighted by atomic mass is 35.5. The lowest BCUT2D eigenvalue weighted by molar-refractivity contribution is 0.0878. The number of nitrogens with zero attached hydrogens (tertiary/aromatic N) is 1. The van der Waals surface area contributed by atoms with Gasteiger partial charge in [0.15, 0.2) is 17.3 Å². The molecule has 3 aromatic rings. The molecule has 0 radical (unpaired) electrons. The minimum atomic E-state index is -0.875. The molecule has 1 atom stereocenters. The number of methoxy groups -OCH3 is 2. The van der Waals surface area contributed by atoms with Gasteiger partial charge < -0.3 is 24.1 Å². The summed E-state index contributed by atoms with van der Waals surface area (Å²) in [5, 5.41) is 10.8. The van der Waals surface area contributed by atoms with Crippen LogP contribution in [0.4, 0.5) is 0 Å². The second-order valence-electron chi connectivity index (χ2n) is 8.17. The molecule has 0 saturated heterocycles. The van der Waals surface area contributed by atoms with Gasteiger partial charge in [-0.05, 0) is 66.4 Å². The molecule has 0 saturated carbocycles. The topological polar surface area (TPSA) is 87.1 Å². The van der Waals surface area contributed by atoms with Crippen LogP contribution in [0.25, 0.3) is 0 Å². The van der Waals surface area contributed by atoms with Crippen molar-refractivity contribution in [1.82, 2.24) is 4.98 Å². The minimum absolute atomic E-state index is 0.112. The SMILES string of the molecule is CCc1cc(Cl)nc(C(O)CCC(=O)c2ccc(OCCOCc3ccc(OC)cc3)c(OC)c2)c1. The molecule has 0 aliphatic carbocycles. The molecule has 36 heavy (non-hydrogen) atoms. The fraction of sp³-hybridized carbons (Fsp3) is 0.357. The van der Waals surface area contributed by atoms with Gasteiger partial charge in [0.05, 0.1) is 39.2 Å². The van der Waals surface area contributed by atoms with Crippen molar-refractivity contribution in [1.29, 1.82) is 0 Å². The number of aliphatic hydroxyl groups excluding tert-OH is 1. The van der Waals surface area contributed by atoms with Crippen LogP contribution in [-0.4, -0.2) is 43.3 Å². The Morgan fingerprint density at radius 1 is 0.972 bits per heavy atom. The lowest BCUT2D eigenvalue weighted by atomic mass is 10.0. The number of ether oxygens (including phenoxy) is 4. The summed E-state index contributed by atoms with van der Waals surface area (Å²) in [6.45, 7) is 3.19. The van der Waals surface area contributed by atoms with Gasteiger partial charge in [0.1, 0.15) is 17.5 Å². The number of hydrogen-bond donors (Lipinski definition) is 1. The summed E-state index contributed by atoms with van der Waals surface area (Å²) in [6.07, 6.45) is 0.297. The summed E-state index contributed by atoms with van der Waals surface area (Å²) in [6, 6.07) is 16.3. The van der Waals surface area contributed by atoms with Crippen LogP contribution in [0.15, 0.2) is 54.6 Å². The third kappa shape index (κ3) is 7.95. The van der Waals surface area contributed by atoms with Crippen molar-refractivity contribution >= 4 is 17.4 Å². The predicted molar refractivity (Wildman–Crippen MR) is 138 cm³/mol. The van der Waals surface area contributed by atoms with Gasteiger partial charge in [-0.3, -0.25) is 4.79 Å². The third-order valence-corrected chi connectivity index (χ3v) is 5.86. The molecule has 3 rings (SSSR count). The Labute approximate surface area is 216 Å². The van der Waals surface area contributed by atoms with Crippen LogP contribution in [0.2, 0.25) is 5.15 Å². The van der Waals surface area contributed by atoms with E-state index in [0.717, 1.165) is 23.3 Å². The van der Waals surface area contributed by atoms with Crippen LogP contribution in [0.1, 0.15) is 53.0 Å². The zero-order valence-corrected chi connectivity index (χ0v) is 21.6. The molecule has 1 unspecified atom stereocenters. The first-order valence-corrected chi connectivity index (χ1v) is 12.2. The Hall–Kier alpha value is -3.13. The lowest BCUT2D eigenvalue weighted by Gasteiger charge is -2.13. The average molecular weight is 514 g/mol. The largest absolute Gasteiger partial charge is 0.497 e. The van der Waals surface area contributed by atoms with Crippen LogP contribution in [-0.2, 0) is 17.8 Å². The lowest BCUT2D eigenvalue weighted by Crippen LogP contribution is -2.09. The number of halogens is 1. The molecule has 0 fully saturated rings. The quantitative estimate of drug-likeness (QED) is 0.170. The van der Waals surface area contributed by atoms with E-state index in [9.17, 15) is 9.90 Å². The highest BCUT2D eigenvalue weighted by Crippen LogP contribution is 2.29. The molecule has 2 aromatic carbocycles. The van der Waals surface area contributed by atoms with Gasteiger partial charge in [-0.1, -0.05) is 30.7 Å². The Balaban J connectivity index is 1.48. The number of carbonyl (C=O) groups is 1. The third-order valence-electron chi connectivity index (χ3n) is 5.67. The molecule has 0 aliphatic rings. The summed E-state index contributed by atoms with van der Waals surface area (Å²) < 4.78 is 22.0. The summed E-state index contributed by atoms with van der Waals surface area (Å²) in [4.78, 5) is 16.9. The van der Waals surface area contributed by atoms with Crippen molar-refractivity contribution in [2.45, 2.75) is 38.9 Å². The maximum atomic E-state index is 12.7. The van der Waals surface area contributed by atoms with E-state index in [1.165, 1.54) is 7.11 Å². The van der Waals surface area contributed by atoms with E-state index < -0.39 is 6.10 Å². The summed E-state index contributed by atoms with van der Waals surface area (Å²) in [5.74, 6) is 1.67. The zero-order chi connectivity index (χ0) is 25.9. The normalized spacial score (nSPS) is 11.7. The van der Waals surface area contributed by atoms with Gasteiger partial charge in [-0.15, -0.1) is 0 Å². The molecular weight excluding hydrogens is 482 g/mol. The molecule has 0 amide bonds. The van der Waals surface area contributed by atoms with E-state index in [0.29, 0.717) is 47.7 Å². The molecule has 1 aromatic heterocycles. The van der Waals surface area contributed by atoms with Crippen molar-refractivity contribution in [2.24, 2.45) is 0 Å². The maximum Gasteiger partial charge on any atom is 0.163 e. The smallest absolute Gasteiger partial charge is 0.163 e. The van der Waals surface area contributed by atoms with Crippen molar-refractivity contribution in [3.63, 3.8) is 0 Å². The standard InChI is InChI=1S/C28H32ClNO6/c1-4-19-15-23(30-28(29)16-19)25(32)11-10-24(31)21-7-12-26(27(17-21)34-3)36-14-13-35-18-20-5-8-22(33-2)9-6-20/h5-9,12,15-17,25,32H,4,10-11,13-14,18H2,1-3H3. The first-order chi connectivity index (χ1) is 17.4. The fourth-order valence-electron chi connectivity index (χ4n) is 3.59. The van der Waals surface area contributed by atoms with E-state index in [4.69, 9.17) is 30.5 Å². The molecule has 7 nitrogen and oxygen atoms in total. The van der Waals surface area contributed by atoms with E-state index in [1.54, 1.807) is 31.4 Å². The Morgan fingerprint density at radius 2 is 1.75 bits per heavy atom. The number of carbonyl (C=O) groups excluding carboxylic acids is 1. The van der Waals surface area contributed by atoms with Crippen LogP contribution < -0.4 is 14.2 Å². The van der Waals surface area contributed by atoms with Crippen molar-refractivity contribution in [3.05, 3.63) is 82.1 Å². The summed E-state index contributed by atoms with van der Waals surface area (Å²) in [7, 11) is 3.16. The fourth-order valence-corrected chi connectivity index (χ4v) is 3.83. The Kier molecular flexibility index (Phi) is 10.5. The number of pyridine rings is 1. The number of benzene rings is 2. The number of aryl methyl sites for hydroxylation is 1. The number of aromatic nitrogens is 1. The van der Waals surface area contributed by atoms with E-state index in [1.807, 2.05) is 37.3 Å². The number of ketones is 1. The number of hydrogen-bond acceptors (Lipinski definition) is 7. The van der Waals surface area contributed by atoms with Crippen molar-refractivity contribution < 1.29 is 28.8 Å². The second kappa shape index (κ2) is 13.8. The average Bonchev–Trinajstić information content (AvgIpc) is 2.91. The summed E-state index contributed by atoms with van der Waals surface area (Å²) >= 11 is 6.04. The molecule has 0 aliphatic heterocycles. The highest BCUT2D eigenvalue weighted by Gasteiger charge is 2.16. The number of Topliss-reactive ketones (excluding diaryl/α,β-unsaturated/α-hetero) is 1. The molecule has 0 bridgehead atoms. The zero-order valence-electron chi connectivity index (χ0n) is 20.8. The summed E-state index contributed by atoms with van der Waals surface area (Å²) in [5.41, 5.74) is 2.98. The van der Waals surface area contributed by atoms with Crippen LogP contribution in [0.5, 0.6) is 17.2 Å². The van der Waals surface area contributed by atoms with Crippen molar-refractivity contribution in [2.75, 3.05) is 27.4 Å². The molecule has 8 heteroatoms. The first-order valence-electron chi connectivity index (χ1n) is 11.8. The Bertz CT molecular complexity index is 1140. The molecule has 0 spiro atoms. The first kappa shape index (κ1) is 27.5. The Morgan fingerprint density at radius 3 is 2.44 bits per heavy atom.